The molecule has 2 aliphatic carbocycles. The fourth-order valence-corrected chi connectivity index (χ4v) is 8.40. The zero-order valence-electron chi connectivity index (χ0n) is 30.0. The van der Waals surface area contributed by atoms with E-state index in [1.54, 1.807) is 0 Å². The Morgan fingerprint density at radius 1 is 0.463 bits per heavy atom. The molecule has 1 aliphatic heterocycles. The van der Waals surface area contributed by atoms with Gasteiger partial charge in [0.2, 0.25) is 0 Å². The molecule has 7 aromatic rings. The summed E-state index contributed by atoms with van der Waals surface area (Å²) in [4.78, 5) is 2.43. The van der Waals surface area contributed by atoms with Crippen molar-refractivity contribution >= 4 is 22.6 Å². The van der Waals surface area contributed by atoms with Crippen LogP contribution in [0.4, 0.5) is 11.4 Å². The Balaban J connectivity index is 1.10. The van der Waals surface area contributed by atoms with Crippen molar-refractivity contribution in [1.82, 2.24) is 0 Å². The Morgan fingerprint density at radius 3 is 1.76 bits per heavy atom. The molecule has 10 rings (SSSR count). The topological polar surface area (TPSA) is 12.5 Å². The van der Waals surface area contributed by atoms with Gasteiger partial charge in [-0.05, 0) is 88.2 Å². The fraction of sp³-hybridized carbons (Fsp3) is 0.0769. The Bertz CT molecular complexity index is 2560. The molecular formula is C52H39NO. The molecule has 2 unspecified atom stereocenters. The van der Waals surface area contributed by atoms with Crippen LogP contribution in [0.2, 0.25) is 0 Å². The maximum absolute atomic E-state index is 7.08. The van der Waals surface area contributed by atoms with Crippen LogP contribution in [0, 0.1) is 0 Å². The lowest BCUT2D eigenvalue weighted by atomic mass is 9.81. The summed E-state index contributed by atoms with van der Waals surface area (Å²) >= 11 is 0. The fourth-order valence-electron chi connectivity index (χ4n) is 8.40. The predicted molar refractivity (Wildman–Crippen MR) is 225 cm³/mol. The van der Waals surface area contributed by atoms with E-state index < -0.39 is 0 Å². The van der Waals surface area contributed by atoms with Crippen molar-refractivity contribution < 1.29 is 4.74 Å². The minimum atomic E-state index is -0.117. The molecule has 0 amide bonds. The lowest BCUT2D eigenvalue weighted by Crippen LogP contribution is -2.23. The summed E-state index contributed by atoms with van der Waals surface area (Å²) < 4.78 is 7.08. The standard InChI is InChI=1S/C52H39NO/c1-4-14-36(15-5-1)39-26-30-43(31-27-39)53(44-32-28-40(29-33-44)37-16-6-2-7-17-37)50-35-49-48-25-13-24-45(51(48)54-52(49)47-23-11-10-22-46(47)50)42-21-12-20-41(34-42)38-18-8-3-9-19-38/h1,3-6,8-35,49,52H,2,7H2. The molecule has 0 spiro atoms. The van der Waals surface area contributed by atoms with Gasteiger partial charge in [0.15, 0.2) is 0 Å². The van der Waals surface area contributed by atoms with Crippen LogP contribution in [0.3, 0.4) is 0 Å². The molecule has 2 nitrogen and oxygen atoms in total. The minimum absolute atomic E-state index is 0.0463. The van der Waals surface area contributed by atoms with Gasteiger partial charge in [-0.2, -0.15) is 0 Å². The molecule has 0 saturated carbocycles. The third-order valence-electron chi connectivity index (χ3n) is 11.1. The summed E-state index contributed by atoms with van der Waals surface area (Å²) in [6.45, 7) is 0. The first-order chi connectivity index (χ1) is 26.8. The average molecular weight is 694 g/mol. The second kappa shape index (κ2) is 13.7. The van der Waals surface area contributed by atoms with E-state index in [1.807, 2.05) is 0 Å². The number of rotatable bonds is 7. The van der Waals surface area contributed by atoms with Crippen molar-refractivity contribution in [2.24, 2.45) is 0 Å². The summed E-state index contributed by atoms with van der Waals surface area (Å²) in [5.41, 5.74) is 16.7. The van der Waals surface area contributed by atoms with Gasteiger partial charge in [-0.15, -0.1) is 0 Å². The molecule has 1 heterocycles. The zero-order valence-corrected chi connectivity index (χ0v) is 30.0. The SMILES string of the molecule is C1=CC(c2ccc(N(C3=CC4c5cccc(-c6cccc(-c7ccccc7)c6)c5OC4c4ccccc43)c3ccc(-c4ccccc4)cc3)cc2)=CCC1. The van der Waals surface area contributed by atoms with Crippen LogP contribution in [0.5, 0.6) is 5.75 Å². The number of allylic oxidation sites excluding steroid dienone is 4. The van der Waals surface area contributed by atoms with E-state index in [1.165, 1.54) is 50.1 Å². The van der Waals surface area contributed by atoms with Crippen LogP contribution in [-0.2, 0) is 0 Å². The minimum Gasteiger partial charge on any atom is -0.484 e. The van der Waals surface area contributed by atoms with E-state index in [0.717, 1.165) is 46.8 Å². The highest BCUT2D eigenvalue weighted by atomic mass is 16.5. The predicted octanol–water partition coefficient (Wildman–Crippen LogP) is 13.8. The zero-order chi connectivity index (χ0) is 35.8. The third-order valence-corrected chi connectivity index (χ3v) is 11.1. The molecule has 7 aromatic carbocycles. The van der Waals surface area contributed by atoms with Gasteiger partial charge in [-0.1, -0.05) is 164 Å². The summed E-state index contributed by atoms with van der Waals surface area (Å²) in [6, 6.07) is 63.6. The van der Waals surface area contributed by atoms with Gasteiger partial charge in [0, 0.05) is 39.5 Å². The van der Waals surface area contributed by atoms with Crippen LogP contribution < -0.4 is 9.64 Å². The van der Waals surface area contributed by atoms with E-state index in [0.29, 0.717) is 0 Å². The molecule has 3 aliphatic rings. The maximum atomic E-state index is 7.08. The smallest absolute Gasteiger partial charge is 0.135 e. The first kappa shape index (κ1) is 32.0. The van der Waals surface area contributed by atoms with Crippen molar-refractivity contribution in [3.05, 3.63) is 222 Å². The Labute approximate surface area is 317 Å². The average Bonchev–Trinajstić information content (AvgIpc) is 3.64. The van der Waals surface area contributed by atoms with Crippen molar-refractivity contribution in [2.45, 2.75) is 24.9 Å². The quantitative estimate of drug-likeness (QED) is 0.165. The Hall–Kier alpha value is -6.64. The molecule has 2 heteroatoms. The van der Waals surface area contributed by atoms with E-state index in [-0.39, 0.29) is 12.0 Å². The molecular weight excluding hydrogens is 655 g/mol. The van der Waals surface area contributed by atoms with Gasteiger partial charge >= 0.3 is 0 Å². The number of nitrogens with zero attached hydrogens (tertiary/aromatic N) is 1. The first-order valence-electron chi connectivity index (χ1n) is 19.0. The summed E-state index contributed by atoms with van der Waals surface area (Å²) in [5.74, 6) is 1.02. The van der Waals surface area contributed by atoms with Gasteiger partial charge < -0.3 is 9.64 Å². The molecule has 2 atom stereocenters. The van der Waals surface area contributed by atoms with Gasteiger partial charge in [0.25, 0.3) is 0 Å². The number of hydrogen-bond donors (Lipinski definition) is 0. The monoisotopic (exact) mass is 693 g/mol. The second-order valence-corrected chi connectivity index (χ2v) is 14.3. The highest BCUT2D eigenvalue weighted by Gasteiger charge is 2.41. The van der Waals surface area contributed by atoms with Crippen LogP contribution >= 0.6 is 0 Å². The molecule has 54 heavy (non-hydrogen) atoms. The van der Waals surface area contributed by atoms with Gasteiger partial charge in [0.1, 0.15) is 11.9 Å². The van der Waals surface area contributed by atoms with E-state index in [2.05, 4.69) is 205 Å². The molecule has 0 bridgehead atoms. The van der Waals surface area contributed by atoms with Crippen LogP contribution in [0.15, 0.2) is 200 Å². The van der Waals surface area contributed by atoms with E-state index in [4.69, 9.17) is 4.74 Å². The highest BCUT2D eigenvalue weighted by Crippen LogP contribution is 2.56. The summed E-state index contributed by atoms with van der Waals surface area (Å²) in [5, 5.41) is 0. The maximum Gasteiger partial charge on any atom is 0.135 e. The van der Waals surface area contributed by atoms with Crippen molar-refractivity contribution in [2.75, 3.05) is 4.90 Å². The van der Waals surface area contributed by atoms with Gasteiger partial charge in [-0.25, -0.2) is 0 Å². The van der Waals surface area contributed by atoms with Crippen LogP contribution in [0.1, 0.15) is 47.1 Å². The number of fused-ring (bicyclic) bond motifs is 5. The van der Waals surface area contributed by atoms with E-state index >= 15 is 0 Å². The molecule has 0 N–H and O–H groups in total. The molecule has 0 saturated heterocycles. The normalized spacial score (nSPS) is 16.7. The Morgan fingerprint density at radius 2 is 1.04 bits per heavy atom. The van der Waals surface area contributed by atoms with Crippen LogP contribution in [0.25, 0.3) is 44.7 Å². The van der Waals surface area contributed by atoms with Crippen molar-refractivity contribution in [3.8, 4) is 39.1 Å². The lowest BCUT2D eigenvalue weighted by Gasteiger charge is -2.35. The third kappa shape index (κ3) is 5.77. The first-order valence-corrected chi connectivity index (χ1v) is 19.0. The summed E-state index contributed by atoms with van der Waals surface area (Å²) in [7, 11) is 0. The number of hydrogen-bond acceptors (Lipinski definition) is 2. The Kier molecular flexibility index (Phi) is 8.15. The number of para-hydroxylation sites is 1. The van der Waals surface area contributed by atoms with Crippen molar-refractivity contribution in [3.63, 3.8) is 0 Å². The number of anilines is 2. The molecule has 0 radical (unpaired) electrons. The van der Waals surface area contributed by atoms with Gasteiger partial charge in [-0.3, -0.25) is 0 Å². The second-order valence-electron chi connectivity index (χ2n) is 14.3. The van der Waals surface area contributed by atoms with Crippen molar-refractivity contribution in [1.29, 1.82) is 0 Å². The number of benzene rings is 7. The summed E-state index contributed by atoms with van der Waals surface area (Å²) in [6.07, 6.45) is 11.4. The highest BCUT2D eigenvalue weighted by molar-refractivity contribution is 5.92. The van der Waals surface area contributed by atoms with E-state index in [9.17, 15) is 0 Å². The number of ether oxygens (including phenoxy) is 1. The molecule has 258 valence electrons. The lowest BCUT2D eigenvalue weighted by molar-refractivity contribution is 0.223. The van der Waals surface area contributed by atoms with Crippen LogP contribution in [-0.4, -0.2) is 0 Å². The molecule has 0 aromatic heterocycles. The largest absolute Gasteiger partial charge is 0.484 e. The van der Waals surface area contributed by atoms with Gasteiger partial charge in [0.05, 0.1) is 5.70 Å². The molecule has 0 fully saturated rings.